The first-order valence-electron chi connectivity index (χ1n) is 6.29. The molecule has 1 aliphatic heterocycles. The van der Waals surface area contributed by atoms with Gasteiger partial charge in [-0.05, 0) is 19.1 Å². The SMILES string of the molecule is CC(=O)c1ccccc1NC(=O)C1=C(C(F)(F)F)OCCS1. The molecule has 8 heteroatoms. The average Bonchev–Trinajstić information content (AvgIpc) is 2.46. The van der Waals surface area contributed by atoms with Crippen LogP contribution in [0.5, 0.6) is 0 Å². The number of allylic oxidation sites excluding steroid dienone is 1. The molecule has 1 aliphatic rings. The average molecular weight is 331 g/mol. The summed E-state index contributed by atoms with van der Waals surface area (Å²) in [5, 5.41) is 2.35. The number of hydrogen-bond donors (Lipinski definition) is 1. The highest BCUT2D eigenvalue weighted by molar-refractivity contribution is 8.04. The van der Waals surface area contributed by atoms with Crippen LogP contribution in [0.1, 0.15) is 17.3 Å². The van der Waals surface area contributed by atoms with E-state index in [1.165, 1.54) is 19.1 Å². The summed E-state index contributed by atoms with van der Waals surface area (Å²) >= 11 is 0.777. The van der Waals surface area contributed by atoms with Crippen molar-refractivity contribution < 1.29 is 27.5 Å². The molecule has 0 fully saturated rings. The lowest BCUT2D eigenvalue weighted by Crippen LogP contribution is -2.26. The second-order valence-corrected chi connectivity index (χ2v) is 5.51. The van der Waals surface area contributed by atoms with E-state index in [0.717, 1.165) is 11.8 Å². The molecule has 0 unspecified atom stereocenters. The van der Waals surface area contributed by atoms with E-state index in [1.54, 1.807) is 12.1 Å². The molecule has 1 heterocycles. The van der Waals surface area contributed by atoms with Gasteiger partial charge in [-0.25, -0.2) is 0 Å². The van der Waals surface area contributed by atoms with Crippen molar-refractivity contribution in [3.8, 4) is 0 Å². The van der Waals surface area contributed by atoms with Gasteiger partial charge in [0, 0.05) is 11.3 Å². The summed E-state index contributed by atoms with van der Waals surface area (Å²) in [6.07, 6.45) is -4.74. The lowest BCUT2D eigenvalue weighted by atomic mass is 10.1. The van der Waals surface area contributed by atoms with Crippen LogP contribution in [0.2, 0.25) is 0 Å². The van der Waals surface area contributed by atoms with Crippen molar-refractivity contribution in [1.82, 2.24) is 0 Å². The molecule has 0 spiro atoms. The second kappa shape index (κ2) is 6.43. The van der Waals surface area contributed by atoms with Gasteiger partial charge in [-0.2, -0.15) is 13.2 Å². The van der Waals surface area contributed by atoms with E-state index in [-0.39, 0.29) is 29.4 Å². The molecule has 1 N–H and O–H groups in total. The second-order valence-electron chi connectivity index (χ2n) is 4.41. The molecule has 1 amide bonds. The summed E-state index contributed by atoms with van der Waals surface area (Å²) in [5.74, 6) is -2.28. The number of amides is 1. The van der Waals surface area contributed by atoms with Crippen molar-refractivity contribution in [3.05, 3.63) is 40.5 Å². The number of benzene rings is 1. The zero-order valence-corrected chi connectivity index (χ0v) is 12.3. The Balaban J connectivity index is 2.32. The third kappa shape index (κ3) is 3.62. The van der Waals surface area contributed by atoms with Crippen LogP contribution in [-0.4, -0.2) is 30.2 Å². The van der Waals surface area contributed by atoms with Gasteiger partial charge < -0.3 is 10.1 Å². The Morgan fingerprint density at radius 2 is 1.95 bits per heavy atom. The Labute approximate surface area is 128 Å². The number of hydrogen-bond acceptors (Lipinski definition) is 4. The summed E-state index contributed by atoms with van der Waals surface area (Å²) in [6, 6.07) is 6.12. The standard InChI is InChI=1S/C14H12F3NO3S/c1-8(19)9-4-2-3-5-10(9)18-13(20)11-12(14(15,16)17)21-6-7-22-11/h2-5H,6-7H2,1H3,(H,18,20). The maximum Gasteiger partial charge on any atom is 0.450 e. The van der Waals surface area contributed by atoms with Gasteiger partial charge in [-0.15, -0.1) is 11.8 Å². The van der Waals surface area contributed by atoms with E-state index in [9.17, 15) is 22.8 Å². The number of nitrogens with one attached hydrogen (secondary N) is 1. The van der Waals surface area contributed by atoms with Crippen LogP contribution in [0.4, 0.5) is 18.9 Å². The van der Waals surface area contributed by atoms with E-state index in [4.69, 9.17) is 0 Å². The summed E-state index contributed by atoms with van der Waals surface area (Å²) in [5.41, 5.74) is 0.395. The quantitative estimate of drug-likeness (QED) is 0.863. The molecule has 0 aromatic heterocycles. The molecular formula is C14H12F3NO3S. The number of ether oxygens (including phenoxy) is 1. The first-order valence-corrected chi connectivity index (χ1v) is 7.27. The predicted octanol–water partition coefficient (Wildman–Crippen LogP) is 3.37. The molecule has 22 heavy (non-hydrogen) atoms. The molecule has 0 atom stereocenters. The molecule has 0 radical (unpaired) electrons. The minimum absolute atomic E-state index is 0.111. The van der Waals surface area contributed by atoms with Gasteiger partial charge in [0.05, 0.1) is 12.3 Å². The van der Waals surface area contributed by atoms with Crippen molar-refractivity contribution >= 4 is 29.1 Å². The molecule has 1 aromatic carbocycles. The van der Waals surface area contributed by atoms with E-state index in [2.05, 4.69) is 10.1 Å². The lowest BCUT2D eigenvalue weighted by molar-refractivity contribution is -0.133. The molecule has 2 rings (SSSR count). The molecule has 4 nitrogen and oxygen atoms in total. The maximum absolute atomic E-state index is 12.9. The topological polar surface area (TPSA) is 55.4 Å². The summed E-state index contributed by atoms with van der Waals surface area (Å²) < 4.78 is 43.2. The fourth-order valence-electron chi connectivity index (χ4n) is 1.88. The molecule has 0 bridgehead atoms. The van der Waals surface area contributed by atoms with Gasteiger partial charge in [0.2, 0.25) is 5.76 Å². The third-order valence-electron chi connectivity index (χ3n) is 2.80. The minimum atomic E-state index is -4.74. The van der Waals surface area contributed by atoms with Crippen LogP contribution < -0.4 is 5.32 Å². The summed E-state index contributed by atoms with van der Waals surface area (Å²) in [4.78, 5) is 23.1. The van der Waals surface area contributed by atoms with Crippen molar-refractivity contribution in [2.24, 2.45) is 0 Å². The highest BCUT2D eigenvalue weighted by Gasteiger charge is 2.42. The number of thioether (sulfide) groups is 1. The Bertz CT molecular complexity index is 640. The Kier molecular flexibility index (Phi) is 4.80. The predicted molar refractivity (Wildman–Crippen MR) is 76.6 cm³/mol. The highest BCUT2D eigenvalue weighted by Crippen LogP contribution is 2.37. The van der Waals surface area contributed by atoms with E-state index >= 15 is 0 Å². The van der Waals surface area contributed by atoms with Crippen LogP contribution in [0, 0.1) is 0 Å². The number of rotatable bonds is 3. The Morgan fingerprint density at radius 1 is 1.27 bits per heavy atom. The van der Waals surface area contributed by atoms with Gasteiger partial charge in [-0.1, -0.05) is 12.1 Å². The first kappa shape index (κ1) is 16.4. The lowest BCUT2D eigenvalue weighted by Gasteiger charge is -2.22. The monoisotopic (exact) mass is 331 g/mol. The summed E-state index contributed by atoms with van der Waals surface area (Å²) in [6.45, 7) is 1.20. The van der Waals surface area contributed by atoms with Crippen LogP contribution >= 0.6 is 11.8 Å². The van der Waals surface area contributed by atoms with Gasteiger partial charge in [-0.3, -0.25) is 9.59 Å². The molecule has 1 aromatic rings. The number of Topliss-reactive ketones (excluding diaryl/α,β-unsaturated/α-hetero) is 1. The van der Waals surface area contributed by atoms with Crippen molar-refractivity contribution in [3.63, 3.8) is 0 Å². The number of anilines is 1. The largest absolute Gasteiger partial charge is 0.487 e. The van der Waals surface area contributed by atoms with E-state index in [1.807, 2.05) is 0 Å². The smallest absolute Gasteiger partial charge is 0.450 e. The maximum atomic E-state index is 12.9. The van der Waals surface area contributed by atoms with Crippen molar-refractivity contribution in [2.45, 2.75) is 13.1 Å². The van der Waals surface area contributed by atoms with Crippen LogP contribution in [0.25, 0.3) is 0 Å². The van der Waals surface area contributed by atoms with Crippen molar-refractivity contribution in [2.75, 3.05) is 17.7 Å². The first-order chi connectivity index (χ1) is 10.3. The van der Waals surface area contributed by atoms with Gasteiger partial charge in [0.15, 0.2) is 5.78 Å². The third-order valence-corrected chi connectivity index (χ3v) is 3.83. The number of para-hydroxylation sites is 1. The van der Waals surface area contributed by atoms with Crippen LogP contribution in [0.15, 0.2) is 34.9 Å². The number of halogens is 3. The van der Waals surface area contributed by atoms with E-state index in [0.29, 0.717) is 0 Å². The number of carbonyl (C=O) groups is 2. The molecule has 0 saturated carbocycles. The van der Waals surface area contributed by atoms with Gasteiger partial charge >= 0.3 is 6.18 Å². The Morgan fingerprint density at radius 3 is 2.59 bits per heavy atom. The van der Waals surface area contributed by atoms with Gasteiger partial charge in [0.25, 0.3) is 5.91 Å². The summed E-state index contributed by atoms with van der Waals surface area (Å²) in [7, 11) is 0. The number of carbonyl (C=O) groups excluding carboxylic acids is 2. The number of ketones is 1. The zero-order chi connectivity index (χ0) is 16.3. The molecule has 0 saturated heterocycles. The zero-order valence-electron chi connectivity index (χ0n) is 11.5. The van der Waals surface area contributed by atoms with Crippen LogP contribution in [-0.2, 0) is 9.53 Å². The minimum Gasteiger partial charge on any atom is -0.487 e. The van der Waals surface area contributed by atoms with Crippen molar-refractivity contribution in [1.29, 1.82) is 0 Å². The fraction of sp³-hybridized carbons (Fsp3) is 0.286. The number of alkyl halides is 3. The Hall–Kier alpha value is -1.96. The molecule has 118 valence electrons. The molecular weight excluding hydrogens is 319 g/mol. The molecule has 0 aliphatic carbocycles. The van der Waals surface area contributed by atoms with E-state index < -0.39 is 22.7 Å². The fourth-order valence-corrected chi connectivity index (χ4v) is 2.73. The van der Waals surface area contributed by atoms with Crippen LogP contribution in [0.3, 0.4) is 0 Å². The normalized spacial score (nSPS) is 15.3. The highest BCUT2D eigenvalue weighted by atomic mass is 32.2. The van der Waals surface area contributed by atoms with Gasteiger partial charge in [0.1, 0.15) is 4.91 Å².